The van der Waals surface area contributed by atoms with Crippen LogP contribution in [0, 0.1) is 13.8 Å². The number of hydrogen-bond donors (Lipinski definition) is 0. The van der Waals surface area contributed by atoms with E-state index in [1.165, 1.54) is 9.80 Å². The summed E-state index contributed by atoms with van der Waals surface area (Å²) in [5.74, 6) is -2.45. The minimum absolute atomic E-state index is 0.171. The Balaban J connectivity index is 0.899. The number of piperazine rings is 1. The van der Waals surface area contributed by atoms with Crippen molar-refractivity contribution in [2.24, 2.45) is 0 Å². The average Bonchev–Trinajstić information content (AvgIpc) is 3.35. The number of benzene rings is 7. The molecule has 0 N–H and O–H groups in total. The molecule has 7 aromatic rings. The van der Waals surface area contributed by atoms with Crippen molar-refractivity contribution in [3.05, 3.63) is 165 Å². The van der Waals surface area contributed by atoms with E-state index in [2.05, 4.69) is 42.7 Å². The predicted octanol–water partition coefficient (Wildman–Crippen LogP) is 10.9. The van der Waals surface area contributed by atoms with E-state index < -0.39 is 40.9 Å². The van der Waals surface area contributed by atoms with Crippen molar-refractivity contribution >= 4 is 85.4 Å². The second-order valence-electron chi connectivity index (χ2n) is 21.1. The van der Waals surface area contributed by atoms with Crippen LogP contribution in [-0.2, 0) is 10.8 Å². The van der Waals surface area contributed by atoms with Gasteiger partial charge in [-0.25, -0.2) is 14.7 Å². The van der Waals surface area contributed by atoms with Crippen molar-refractivity contribution in [1.82, 2.24) is 0 Å². The fraction of sp³-hybridized carbons (Fsp3) is 0.254. The number of amides is 6. The van der Waals surface area contributed by atoms with Gasteiger partial charge in [0.25, 0.3) is 35.4 Å². The van der Waals surface area contributed by atoms with Crippen LogP contribution in [0.4, 0.5) is 28.4 Å². The number of rotatable bonds is 6. The fourth-order valence-electron chi connectivity index (χ4n) is 11.0. The molecule has 4 aliphatic heterocycles. The first-order chi connectivity index (χ1) is 33.8. The Morgan fingerprint density at radius 3 is 1.32 bits per heavy atom. The van der Waals surface area contributed by atoms with Crippen molar-refractivity contribution in [3.63, 3.8) is 0 Å². The van der Waals surface area contributed by atoms with Crippen molar-refractivity contribution in [1.29, 1.82) is 0 Å². The van der Waals surface area contributed by atoms with Crippen LogP contribution in [0.3, 0.4) is 0 Å². The van der Waals surface area contributed by atoms with Gasteiger partial charge in [0.1, 0.15) is 5.75 Å². The van der Waals surface area contributed by atoms with E-state index in [1.807, 2.05) is 69.3 Å². The van der Waals surface area contributed by atoms with E-state index in [4.69, 9.17) is 4.74 Å². The van der Waals surface area contributed by atoms with Gasteiger partial charge < -0.3 is 14.5 Å². The molecule has 0 radical (unpaired) electrons. The third-order valence-electron chi connectivity index (χ3n) is 14.7. The zero-order chi connectivity index (χ0) is 50.2. The molecule has 71 heavy (non-hydrogen) atoms. The highest BCUT2D eigenvalue weighted by Gasteiger charge is 2.43. The third kappa shape index (κ3) is 6.86. The Hall–Kier alpha value is -8.12. The summed E-state index contributed by atoms with van der Waals surface area (Å²) in [6.45, 7) is 18.9. The van der Waals surface area contributed by atoms with E-state index in [-0.39, 0.29) is 44.1 Å². The SMILES string of the molecule is COc1ccc(N2CCN(c3ccc4c5c(cccc35)C(=O)N(c3cc(C)c(N5C(=O)c6ccc7c8c(ccc(c68)C5=O)C(=O)N(c5cc(C(C)(C)C)ccc5C(C)(C)C)C7=O)cc3C)C4=O)CC2)cc1. The molecule has 356 valence electrons. The van der Waals surface area contributed by atoms with Gasteiger partial charge >= 0.3 is 0 Å². The molecule has 0 spiro atoms. The van der Waals surface area contributed by atoms with Gasteiger partial charge in [-0.05, 0) is 132 Å². The smallest absolute Gasteiger partial charge is 0.265 e. The Morgan fingerprint density at radius 2 is 0.859 bits per heavy atom. The number of methoxy groups -OCH3 is 1. The van der Waals surface area contributed by atoms with E-state index in [0.717, 1.165) is 64.7 Å². The van der Waals surface area contributed by atoms with Gasteiger partial charge in [-0.2, -0.15) is 0 Å². The second-order valence-corrected chi connectivity index (χ2v) is 21.1. The van der Waals surface area contributed by atoms with Crippen LogP contribution < -0.4 is 29.2 Å². The third-order valence-corrected chi connectivity index (χ3v) is 14.7. The maximum absolute atomic E-state index is 14.7. The molecule has 11 rings (SSSR count). The summed E-state index contributed by atoms with van der Waals surface area (Å²) in [4.78, 5) is 96.1. The summed E-state index contributed by atoms with van der Waals surface area (Å²) >= 11 is 0. The van der Waals surface area contributed by atoms with Crippen LogP contribution >= 0.6 is 0 Å². The highest BCUT2D eigenvalue weighted by Crippen LogP contribution is 2.45. The zero-order valence-corrected chi connectivity index (χ0v) is 41.3. The minimum atomic E-state index is -0.625. The monoisotopic (exact) mass is 943 g/mol. The summed E-state index contributed by atoms with van der Waals surface area (Å²) in [6.07, 6.45) is 0. The summed E-state index contributed by atoms with van der Waals surface area (Å²) in [5.41, 5.74) is 6.89. The van der Waals surface area contributed by atoms with Crippen molar-refractivity contribution < 1.29 is 33.5 Å². The van der Waals surface area contributed by atoms with Gasteiger partial charge in [0.2, 0.25) is 0 Å². The number of hydrogen-bond acceptors (Lipinski definition) is 9. The van der Waals surface area contributed by atoms with E-state index in [9.17, 15) is 28.8 Å². The number of carbonyl (C=O) groups is 6. The fourth-order valence-corrected chi connectivity index (χ4v) is 11.0. The van der Waals surface area contributed by atoms with Gasteiger partial charge in [0, 0.05) is 92.5 Å². The normalized spacial score (nSPS) is 16.0. The lowest BCUT2D eigenvalue weighted by molar-refractivity contribution is 0.0872. The number of nitrogens with zero attached hydrogens (tertiary/aromatic N) is 5. The van der Waals surface area contributed by atoms with Crippen molar-refractivity contribution in [2.45, 2.75) is 66.2 Å². The molecule has 1 saturated heterocycles. The first kappa shape index (κ1) is 45.3. The van der Waals surface area contributed by atoms with Crippen LogP contribution in [0.5, 0.6) is 5.75 Å². The van der Waals surface area contributed by atoms with Gasteiger partial charge in [-0.1, -0.05) is 65.8 Å². The molecule has 4 heterocycles. The topological polar surface area (TPSA) is 128 Å². The molecule has 0 aromatic heterocycles. The Labute approximate surface area is 412 Å². The number of ether oxygens (including phenoxy) is 1. The second kappa shape index (κ2) is 16.0. The quantitative estimate of drug-likeness (QED) is 0.150. The molecule has 12 nitrogen and oxygen atoms in total. The summed E-state index contributed by atoms with van der Waals surface area (Å²) in [5, 5.41) is 1.98. The minimum Gasteiger partial charge on any atom is -0.497 e. The average molecular weight is 944 g/mol. The maximum Gasteiger partial charge on any atom is 0.265 e. The zero-order valence-electron chi connectivity index (χ0n) is 41.3. The number of aryl methyl sites for hydroxylation is 2. The van der Waals surface area contributed by atoms with Gasteiger partial charge in [-0.15, -0.1) is 0 Å². The van der Waals surface area contributed by atoms with Crippen LogP contribution in [-0.4, -0.2) is 68.7 Å². The summed E-state index contributed by atoms with van der Waals surface area (Å²) < 4.78 is 5.34. The number of carbonyl (C=O) groups excluding carboxylic acids is 6. The molecule has 12 heteroatoms. The van der Waals surface area contributed by atoms with Gasteiger partial charge in [0.05, 0.1) is 24.2 Å². The van der Waals surface area contributed by atoms with Gasteiger partial charge in [0.15, 0.2) is 0 Å². The summed E-state index contributed by atoms with van der Waals surface area (Å²) in [7, 11) is 1.65. The molecule has 1 fully saturated rings. The van der Waals surface area contributed by atoms with Crippen LogP contribution in [0.2, 0.25) is 0 Å². The lowest BCUT2D eigenvalue weighted by atomic mass is 9.80. The molecule has 0 saturated carbocycles. The number of imide groups is 3. The first-order valence-corrected chi connectivity index (χ1v) is 24.0. The molecule has 0 bridgehead atoms. The lowest BCUT2D eigenvalue weighted by Gasteiger charge is -2.38. The Kier molecular flexibility index (Phi) is 10.2. The first-order valence-electron chi connectivity index (χ1n) is 24.0. The number of anilines is 5. The van der Waals surface area contributed by atoms with E-state index in [1.54, 1.807) is 69.5 Å². The maximum atomic E-state index is 14.7. The lowest BCUT2D eigenvalue weighted by Crippen LogP contribution is -2.46. The highest BCUT2D eigenvalue weighted by atomic mass is 16.5. The van der Waals surface area contributed by atoms with Crippen molar-refractivity contribution in [2.75, 3.05) is 57.8 Å². The molecule has 4 aliphatic rings. The predicted molar refractivity (Wildman–Crippen MR) is 278 cm³/mol. The molecule has 6 amide bonds. The van der Waals surface area contributed by atoms with E-state index in [0.29, 0.717) is 39.0 Å². The molecule has 0 aliphatic carbocycles. The van der Waals surface area contributed by atoms with Crippen LogP contribution in [0.15, 0.2) is 109 Å². The largest absolute Gasteiger partial charge is 0.497 e. The Bertz CT molecular complexity index is 3460. The Morgan fingerprint density at radius 1 is 0.423 bits per heavy atom. The molecular weight excluding hydrogens is 891 g/mol. The van der Waals surface area contributed by atoms with Crippen molar-refractivity contribution in [3.8, 4) is 5.75 Å². The molecule has 0 atom stereocenters. The summed E-state index contributed by atoms with van der Waals surface area (Å²) in [6, 6.07) is 32.9. The molecule has 7 aromatic carbocycles. The standard InChI is InChI=1S/C59H53N5O7/c1-32-30-47(33(2)29-46(32)62-52(65)38-12-10-11-37-45(24-22-39(49(37)38)53(62)66)61-27-25-60(26-28-61)35-14-16-36(71-9)17-15-35)63-54(67)40-18-20-42-51-43(21-19-41(50(40)51)55(63)68)57(70)64(56(42)69)48-31-34(58(3,4)5)13-23-44(48)59(6,7)8/h10-24,29-31H,25-28H2,1-9H3. The van der Waals surface area contributed by atoms with Crippen LogP contribution in [0.25, 0.3) is 21.5 Å². The highest BCUT2D eigenvalue weighted by molar-refractivity contribution is 6.43. The van der Waals surface area contributed by atoms with Gasteiger partial charge in [-0.3, -0.25) is 28.8 Å². The molecular formula is C59H53N5O7. The van der Waals surface area contributed by atoms with E-state index >= 15 is 0 Å². The molecule has 0 unspecified atom stereocenters. The van der Waals surface area contributed by atoms with Crippen LogP contribution in [0.1, 0.15) is 126 Å².